The number of anilines is 1. The number of piperidine rings is 1. The molecule has 0 unspecified atom stereocenters. The van der Waals surface area contributed by atoms with Gasteiger partial charge in [0.05, 0.1) is 6.20 Å². The summed E-state index contributed by atoms with van der Waals surface area (Å²) in [7, 11) is 0. The lowest BCUT2D eigenvalue weighted by Gasteiger charge is -2.28. The number of amides is 1. The minimum absolute atomic E-state index is 0.0694. The molecule has 30 heavy (non-hydrogen) atoms. The van der Waals surface area contributed by atoms with Gasteiger partial charge in [-0.25, -0.2) is 4.79 Å². The van der Waals surface area contributed by atoms with Gasteiger partial charge in [-0.05, 0) is 43.9 Å². The summed E-state index contributed by atoms with van der Waals surface area (Å²) in [6, 6.07) is 16.0. The van der Waals surface area contributed by atoms with E-state index < -0.39 is 5.76 Å². The lowest BCUT2D eigenvalue weighted by Crippen LogP contribution is -2.30. The first-order valence-corrected chi connectivity index (χ1v) is 10.5. The Morgan fingerprint density at radius 1 is 1.00 bits per heavy atom. The quantitative estimate of drug-likeness (QED) is 0.679. The molecule has 3 aromatic rings. The molecule has 0 spiro atoms. The normalized spacial score (nSPS) is 14.0. The number of hydrogen-bond acceptors (Lipinski definition) is 4. The minimum atomic E-state index is -0.536. The van der Waals surface area contributed by atoms with E-state index in [-0.39, 0.29) is 12.5 Å². The van der Waals surface area contributed by atoms with Crippen LogP contribution in [0.25, 0.3) is 11.3 Å². The van der Waals surface area contributed by atoms with E-state index in [9.17, 15) is 9.59 Å². The fourth-order valence-corrected chi connectivity index (χ4v) is 3.72. The van der Waals surface area contributed by atoms with Crippen LogP contribution < -0.4 is 16.0 Å². The van der Waals surface area contributed by atoms with Gasteiger partial charge in [-0.3, -0.25) is 9.36 Å². The summed E-state index contributed by atoms with van der Waals surface area (Å²) in [6.07, 6.45) is 5.39. The molecule has 1 aromatic heterocycles. The van der Waals surface area contributed by atoms with E-state index in [1.54, 1.807) is 6.20 Å². The molecule has 0 radical (unpaired) electrons. The summed E-state index contributed by atoms with van der Waals surface area (Å²) in [5.41, 5.74) is 4.21. The first-order valence-electron chi connectivity index (χ1n) is 10.5. The smallest absolute Gasteiger partial charge is 0.408 e. The average molecular weight is 405 g/mol. The van der Waals surface area contributed by atoms with Crippen molar-refractivity contribution in [2.75, 3.05) is 18.0 Å². The van der Waals surface area contributed by atoms with Crippen LogP contribution in [-0.2, 0) is 17.9 Å². The molecule has 4 rings (SSSR count). The summed E-state index contributed by atoms with van der Waals surface area (Å²) in [6.45, 7) is 4.58. The van der Waals surface area contributed by atoms with Gasteiger partial charge in [0.25, 0.3) is 0 Å². The molecule has 1 fully saturated rings. The highest BCUT2D eigenvalue weighted by atomic mass is 16.4. The summed E-state index contributed by atoms with van der Waals surface area (Å²) in [5, 5.41) is 2.88. The predicted octanol–water partition coefficient (Wildman–Crippen LogP) is 3.72. The highest BCUT2D eigenvalue weighted by Crippen LogP contribution is 2.20. The van der Waals surface area contributed by atoms with Gasteiger partial charge in [-0.15, -0.1) is 0 Å². The van der Waals surface area contributed by atoms with Crippen LogP contribution in [0.1, 0.15) is 30.4 Å². The van der Waals surface area contributed by atoms with Crippen LogP contribution in [-0.4, -0.2) is 23.6 Å². The second kappa shape index (κ2) is 9.03. The third kappa shape index (κ3) is 4.82. The Morgan fingerprint density at radius 3 is 2.40 bits per heavy atom. The van der Waals surface area contributed by atoms with Crippen molar-refractivity contribution in [3.8, 4) is 11.3 Å². The van der Waals surface area contributed by atoms with E-state index in [1.165, 1.54) is 29.5 Å². The van der Waals surface area contributed by atoms with Crippen molar-refractivity contribution >= 4 is 11.6 Å². The van der Waals surface area contributed by atoms with Crippen molar-refractivity contribution in [2.24, 2.45) is 0 Å². The second-order valence-corrected chi connectivity index (χ2v) is 7.85. The molecule has 6 nitrogen and oxygen atoms in total. The van der Waals surface area contributed by atoms with Gasteiger partial charge in [-0.1, -0.05) is 42.0 Å². The fraction of sp³-hybridized carbons (Fsp3) is 0.333. The van der Waals surface area contributed by atoms with E-state index in [0.717, 1.165) is 29.8 Å². The number of benzene rings is 2. The van der Waals surface area contributed by atoms with Crippen LogP contribution in [0.3, 0.4) is 0 Å². The number of oxazole rings is 1. The number of carbonyl (C=O) groups excluding carboxylic acids is 1. The maximum Gasteiger partial charge on any atom is 0.419 e. The number of rotatable bonds is 6. The van der Waals surface area contributed by atoms with Crippen LogP contribution in [0.2, 0.25) is 0 Å². The molecule has 6 heteroatoms. The third-order valence-corrected chi connectivity index (χ3v) is 5.50. The SMILES string of the molecule is Cc1ccc(-c2cn(CC(=O)NCc3ccc(N4CCCCC4)cc3)c(=O)o2)cc1. The monoisotopic (exact) mass is 405 g/mol. The summed E-state index contributed by atoms with van der Waals surface area (Å²) >= 11 is 0. The molecule has 0 atom stereocenters. The summed E-state index contributed by atoms with van der Waals surface area (Å²) in [4.78, 5) is 26.8. The number of nitrogens with one attached hydrogen (secondary N) is 1. The van der Waals surface area contributed by atoms with Crippen molar-refractivity contribution in [3.05, 3.63) is 76.4 Å². The van der Waals surface area contributed by atoms with Crippen LogP contribution in [0.15, 0.2) is 63.9 Å². The molecule has 2 aromatic carbocycles. The molecule has 1 aliphatic heterocycles. The Kier molecular flexibility index (Phi) is 6.02. The Morgan fingerprint density at radius 2 is 1.70 bits per heavy atom. The Bertz CT molecular complexity index is 1040. The number of carbonyl (C=O) groups is 1. The molecule has 156 valence electrons. The van der Waals surface area contributed by atoms with Crippen molar-refractivity contribution in [1.29, 1.82) is 0 Å². The largest absolute Gasteiger partial charge is 0.419 e. The van der Waals surface area contributed by atoms with Gasteiger partial charge in [0.15, 0.2) is 5.76 Å². The van der Waals surface area contributed by atoms with Crippen molar-refractivity contribution in [2.45, 2.75) is 39.3 Å². The van der Waals surface area contributed by atoms with E-state index >= 15 is 0 Å². The Balaban J connectivity index is 1.32. The van der Waals surface area contributed by atoms with E-state index in [4.69, 9.17) is 4.42 Å². The minimum Gasteiger partial charge on any atom is -0.408 e. The van der Waals surface area contributed by atoms with Gasteiger partial charge in [0.2, 0.25) is 5.91 Å². The molecule has 0 bridgehead atoms. The average Bonchev–Trinajstić information content (AvgIpc) is 3.14. The lowest BCUT2D eigenvalue weighted by atomic mass is 10.1. The first-order chi connectivity index (χ1) is 14.6. The molecular formula is C24H27N3O3. The molecule has 0 saturated carbocycles. The topological polar surface area (TPSA) is 67.5 Å². The zero-order chi connectivity index (χ0) is 20.9. The maximum absolute atomic E-state index is 12.3. The summed E-state index contributed by atoms with van der Waals surface area (Å²) < 4.78 is 6.59. The van der Waals surface area contributed by atoms with Gasteiger partial charge < -0.3 is 14.6 Å². The Hall–Kier alpha value is -3.28. The first kappa shape index (κ1) is 20.0. The Labute approximate surface area is 176 Å². The number of hydrogen-bond donors (Lipinski definition) is 1. The third-order valence-electron chi connectivity index (χ3n) is 5.50. The zero-order valence-corrected chi connectivity index (χ0v) is 17.3. The lowest BCUT2D eigenvalue weighted by molar-refractivity contribution is -0.121. The predicted molar refractivity (Wildman–Crippen MR) is 117 cm³/mol. The summed E-state index contributed by atoms with van der Waals surface area (Å²) in [5.74, 6) is -0.304. The van der Waals surface area contributed by atoms with Crippen LogP contribution in [0, 0.1) is 6.92 Å². The highest BCUT2D eigenvalue weighted by Gasteiger charge is 2.12. The standard InChI is InChI=1S/C24H27N3O3/c1-18-5-9-20(10-6-18)22-16-27(24(29)30-22)17-23(28)25-15-19-7-11-21(12-8-19)26-13-3-2-4-14-26/h5-12,16H,2-4,13-15,17H2,1H3,(H,25,28). The van der Waals surface area contributed by atoms with E-state index in [1.807, 2.05) is 43.3 Å². The molecule has 0 aliphatic carbocycles. The highest BCUT2D eigenvalue weighted by molar-refractivity contribution is 5.75. The molecule has 1 saturated heterocycles. The number of aryl methyl sites for hydroxylation is 1. The molecule has 2 heterocycles. The molecular weight excluding hydrogens is 378 g/mol. The second-order valence-electron chi connectivity index (χ2n) is 7.85. The van der Waals surface area contributed by atoms with Crippen molar-refractivity contribution in [3.63, 3.8) is 0 Å². The van der Waals surface area contributed by atoms with E-state index in [2.05, 4.69) is 22.3 Å². The van der Waals surface area contributed by atoms with Crippen LogP contribution in [0.5, 0.6) is 0 Å². The molecule has 1 N–H and O–H groups in total. The maximum atomic E-state index is 12.3. The van der Waals surface area contributed by atoms with Crippen molar-refractivity contribution in [1.82, 2.24) is 9.88 Å². The van der Waals surface area contributed by atoms with Gasteiger partial charge >= 0.3 is 5.76 Å². The molecule has 1 aliphatic rings. The van der Waals surface area contributed by atoms with Gasteiger partial charge in [0, 0.05) is 30.9 Å². The van der Waals surface area contributed by atoms with Crippen LogP contribution >= 0.6 is 0 Å². The van der Waals surface area contributed by atoms with Gasteiger partial charge in [-0.2, -0.15) is 0 Å². The molecule has 1 amide bonds. The fourth-order valence-electron chi connectivity index (χ4n) is 3.72. The van der Waals surface area contributed by atoms with Gasteiger partial charge in [0.1, 0.15) is 6.54 Å². The zero-order valence-electron chi connectivity index (χ0n) is 17.3. The number of nitrogens with zero attached hydrogens (tertiary/aromatic N) is 2. The number of aromatic nitrogens is 1. The van der Waals surface area contributed by atoms with Crippen molar-refractivity contribution < 1.29 is 9.21 Å². The van der Waals surface area contributed by atoms with E-state index in [0.29, 0.717) is 12.3 Å². The van der Waals surface area contributed by atoms with Crippen LogP contribution in [0.4, 0.5) is 5.69 Å².